The van der Waals surface area contributed by atoms with Gasteiger partial charge < -0.3 is 9.47 Å². The molecule has 6 nitrogen and oxygen atoms in total. The standard InChI is InChI=1S/C12H14F11NO5S/c1-2-4-28-8(13,11(18,19)20)6-29-10(17,12(21,22)23)7(25)24-30(26,27)5-3-9(14,15)16/h2-6H2,1H3,(H,24,25). The van der Waals surface area contributed by atoms with Crippen LogP contribution in [-0.2, 0) is 24.3 Å². The molecule has 2 atom stereocenters. The highest BCUT2D eigenvalue weighted by atomic mass is 32.2. The molecule has 0 aliphatic heterocycles. The van der Waals surface area contributed by atoms with Crippen LogP contribution in [-0.4, -0.2) is 63.5 Å². The van der Waals surface area contributed by atoms with Crippen LogP contribution in [0.5, 0.6) is 0 Å². The first-order valence-electron chi connectivity index (χ1n) is 7.51. The van der Waals surface area contributed by atoms with Crippen LogP contribution in [0.4, 0.5) is 48.3 Å². The second-order valence-electron chi connectivity index (χ2n) is 5.57. The second-order valence-corrected chi connectivity index (χ2v) is 7.41. The summed E-state index contributed by atoms with van der Waals surface area (Å²) in [7, 11) is -5.54. The zero-order chi connectivity index (χ0) is 24.2. The van der Waals surface area contributed by atoms with Gasteiger partial charge >= 0.3 is 36.1 Å². The molecule has 180 valence electrons. The molecule has 0 rings (SSSR count). The summed E-state index contributed by atoms with van der Waals surface area (Å²) in [5.41, 5.74) is 0. The summed E-state index contributed by atoms with van der Waals surface area (Å²) in [6.07, 6.45) is -20.2. The fraction of sp³-hybridized carbons (Fsp3) is 0.917. The Kier molecular flexibility index (Phi) is 8.93. The van der Waals surface area contributed by atoms with Crippen molar-refractivity contribution in [2.45, 2.75) is 50.0 Å². The van der Waals surface area contributed by atoms with E-state index in [-0.39, 0.29) is 11.1 Å². The lowest BCUT2D eigenvalue weighted by Crippen LogP contribution is -2.59. The Labute approximate surface area is 161 Å². The van der Waals surface area contributed by atoms with E-state index in [1.807, 2.05) is 0 Å². The minimum Gasteiger partial charge on any atom is -0.337 e. The summed E-state index contributed by atoms with van der Waals surface area (Å²) in [6.45, 7) is -2.75. The van der Waals surface area contributed by atoms with Gasteiger partial charge in [0.25, 0.3) is 0 Å². The van der Waals surface area contributed by atoms with Gasteiger partial charge in [0.15, 0.2) is 0 Å². The summed E-state index contributed by atoms with van der Waals surface area (Å²) in [6, 6.07) is 0. The van der Waals surface area contributed by atoms with Crippen molar-refractivity contribution in [2.75, 3.05) is 19.0 Å². The Balaban J connectivity index is 5.68. The van der Waals surface area contributed by atoms with Crippen LogP contribution < -0.4 is 4.72 Å². The highest BCUT2D eigenvalue weighted by Gasteiger charge is 2.67. The molecule has 0 spiro atoms. The van der Waals surface area contributed by atoms with E-state index in [9.17, 15) is 61.5 Å². The van der Waals surface area contributed by atoms with E-state index in [4.69, 9.17) is 0 Å². The number of sulfonamides is 1. The number of rotatable bonds is 10. The van der Waals surface area contributed by atoms with Gasteiger partial charge in [0.1, 0.15) is 6.61 Å². The predicted octanol–water partition coefficient (Wildman–Crippen LogP) is 3.28. The van der Waals surface area contributed by atoms with E-state index in [0.717, 1.165) is 0 Å². The molecule has 0 aromatic rings. The molecule has 0 aliphatic carbocycles. The molecule has 2 unspecified atom stereocenters. The van der Waals surface area contributed by atoms with Gasteiger partial charge in [-0.05, 0) is 6.42 Å². The van der Waals surface area contributed by atoms with Gasteiger partial charge in [-0.15, -0.1) is 0 Å². The molecule has 0 aliphatic rings. The van der Waals surface area contributed by atoms with Crippen molar-refractivity contribution in [3.8, 4) is 0 Å². The first-order valence-corrected chi connectivity index (χ1v) is 9.16. The fourth-order valence-corrected chi connectivity index (χ4v) is 2.46. The first kappa shape index (κ1) is 28.6. The first-order chi connectivity index (χ1) is 13.1. The van der Waals surface area contributed by atoms with E-state index in [0.29, 0.717) is 0 Å². The highest BCUT2D eigenvalue weighted by molar-refractivity contribution is 7.90. The monoisotopic (exact) mass is 493 g/mol. The van der Waals surface area contributed by atoms with Crippen LogP contribution in [0.1, 0.15) is 19.8 Å². The van der Waals surface area contributed by atoms with Crippen molar-refractivity contribution < 1.29 is 71.0 Å². The SMILES string of the molecule is CCCOC(F)(COC(F)(C(=O)NS(=O)(=O)CCC(F)(F)F)C(F)(F)F)C(F)(F)F. The maximum absolute atomic E-state index is 14.1. The van der Waals surface area contributed by atoms with Crippen LogP contribution in [0.3, 0.4) is 0 Å². The lowest BCUT2D eigenvalue weighted by molar-refractivity contribution is -0.378. The van der Waals surface area contributed by atoms with Gasteiger partial charge in [-0.1, -0.05) is 6.92 Å². The largest absolute Gasteiger partial charge is 0.458 e. The molecule has 0 radical (unpaired) electrons. The molecule has 0 bridgehead atoms. The number of amides is 1. The quantitative estimate of drug-likeness (QED) is 0.473. The molecule has 0 heterocycles. The van der Waals surface area contributed by atoms with E-state index in [1.54, 1.807) is 0 Å². The second kappa shape index (κ2) is 9.37. The summed E-state index contributed by atoms with van der Waals surface area (Å²) >= 11 is 0. The van der Waals surface area contributed by atoms with Gasteiger partial charge in [-0.2, -0.15) is 48.3 Å². The lowest BCUT2D eigenvalue weighted by Gasteiger charge is -2.32. The maximum Gasteiger partial charge on any atom is 0.458 e. The number of carbonyl (C=O) groups is 1. The van der Waals surface area contributed by atoms with Crippen LogP contribution in [0.15, 0.2) is 0 Å². The van der Waals surface area contributed by atoms with E-state index < -0.39 is 71.6 Å². The number of nitrogens with one attached hydrogen (secondary N) is 1. The Bertz CT molecular complexity index is 690. The molecule has 0 aromatic carbocycles. The smallest absolute Gasteiger partial charge is 0.337 e. The van der Waals surface area contributed by atoms with Gasteiger partial charge in [0.05, 0.1) is 18.8 Å². The summed E-state index contributed by atoms with van der Waals surface area (Å²) < 4.78 is 170. The van der Waals surface area contributed by atoms with E-state index in [1.165, 1.54) is 6.92 Å². The van der Waals surface area contributed by atoms with E-state index >= 15 is 0 Å². The van der Waals surface area contributed by atoms with Crippen molar-refractivity contribution in [2.24, 2.45) is 0 Å². The van der Waals surface area contributed by atoms with Crippen molar-refractivity contribution in [3.63, 3.8) is 0 Å². The zero-order valence-electron chi connectivity index (χ0n) is 14.6. The third kappa shape index (κ3) is 8.01. The maximum atomic E-state index is 14.1. The number of carbonyl (C=O) groups excluding carboxylic acids is 1. The van der Waals surface area contributed by atoms with Crippen LogP contribution >= 0.6 is 0 Å². The van der Waals surface area contributed by atoms with Crippen molar-refractivity contribution >= 4 is 15.9 Å². The molecule has 1 amide bonds. The number of alkyl halides is 11. The highest BCUT2D eigenvalue weighted by Crippen LogP contribution is 2.40. The van der Waals surface area contributed by atoms with Crippen molar-refractivity contribution in [1.82, 2.24) is 4.72 Å². The minimum atomic E-state index is -6.56. The molecular weight excluding hydrogens is 479 g/mol. The predicted molar refractivity (Wildman–Crippen MR) is 74.6 cm³/mol. The third-order valence-electron chi connectivity index (χ3n) is 2.97. The van der Waals surface area contributed by atoms with Gasteiger partial charge in [-0.3, -0.25) is 4.79 Å². The van der Waals surface area contributed by atoms with Gasteiger partial charge in [0, 0.05) is 0 Å². The molecule has 0 aromatic heterocycles. The molecule has 0 saturated heterocycles. The zero-order valence-corrected chi connectivity index (χ0v) is 15.5. The average Bonchev–Trinajstić information content (AvgIpc) is 2.53. The Morgan fingerprint density at radius 1 is 0.867 bits per heavy atom. The van der Waals surface area contributed by atoms with E-state index in [2.05, 4.69) is 9.47 Å². The Morgan fingerprint density at radius 3 is 1.73 bits per heavy atom. The molecular formula is C12H14F11NO5S. The summed E-state index contributed by atoms with van der Waals surface area (Å²) in [4.78, 5) is 11.4. The molecule has 18 heteroatoms. The van der Waals surface area contributed by atoms with Crippen molar-refractivity contribution in [3.05, 3.63) is 0 Å². The minimum absolute atomic E-state index is 0.263. The third-order valence-corrected chi connectivity index (χ3v) is 4.21. The molecule has 0 fully saturated rings. The van der Waals surface area contributed by atoms with Gasteiger partial charge in [-0.25, -0.2) is 13.1 Å². The fourth-order valence-electron chi connectivity index (χ4n) is 1.45. The summed E-state index contributed by atoms with van der Waals surface area (Å²) in [5.74, 6) is -16.3. The molecule has 0 saturated carbocycles. The van der Waals surface area contributed by atoms with Crippen LogP contribution in [0.25, 0.3) is 0 Å². The number of halogens is 11. The Morgan fingerprint density at radius 2 is 1.37 bits per heavy atom. The van der Waals surface area contributed by atoms with Crippen LogP contribution in [0.2, 0.25) is 0 Å². The van der Waals surface area contributed by atoms with Crippen molar-refractivity contribution in [1.29, 1.82) is 0 Å². The summed E-state index contributed by atoms with van der Waals surface area (Å²) in [5, 5.41) is 0. The normalized spacial score (nSPS) is 17.9. The topological polar surface area (TPSA) is 81.7 Å². The molecule has 1 N–H and O–H groups in total. The number of ether oxygens (including phenoxy) is 2. The Hall–Kier alpha value is -1.43. The molecule has 30 heavy (non-hydrogen) atoms. The number of hydrogen-bond donors (Lipinski definition) is 1. The average molecular weight is 493 g/mol. The number of hydrogen-bond acceptors (Lipinski definition) is 5. The van der Waals surface area contributed by atoms with Gasteiger partial charge in [0.2, 0.25) is 10.0 Å². The lowest BCUT2D eigenvalue weighted by atomic mass is 10.2. The van der Waals surface area contributed by atoms with Crippen LogP contribution in [0, 0.1) is 0 Å².